The first-order valence-corrected chi connectivity index (χ1v) is 11.3. The molecule has 0 aliphatic heterocycles. The smallest absolute Gasteiger partial charge is 0.263 e. The van der Waals surface area contributed by atoms with Crippen LogP contribution in [-0.4, -0.2) is 24.7 Å². The molecule has 4 rings (SSSR count). The number of anilines is 1. The molecule has 1 heterocycles. The van der Waals surface area contributed by atoms with E-state index in [2.05, 4.69) is 14.7 Å². The molecule has 3 aromatic carbocycles. The Kier molecular flexibility index (Phi) is 5.60. The van der Waals surface area contributed by atoms with Gasteiger partial charge in [-0.3, -0.25) is 9.71 Å². The summed E-state index contributed by atoms with van der Waals surface area (Å²) in [6.45, 7) is 0. The van der Waals surface area contributed by atoms with Gasteiger partial charge in [0.05, 0.1) is 16.3 Å². The first-order valence-electron chi connectivity index (χ1n) is 8.96. The summed E-state index contributed by atoms with van der Waals surface area (Å²) in [5, 5.41) is 11.4. The van der Waals surface area contributed by atoms with E-state index < -0.39 is 10.0 Å². The molecular weight excluding hydrogens is 418 g/mol. The van der Waals surface area contributed by atoms with Gasteiger partial charge in [0.25, 0.3) is 10.0 Å². The highest BCUT2D eigenvalue weighted by atomic mass is 32.2. The van der Waals surface area contributed by atoms with E-state index in [0.29, 0.717) is 11.4 Å². The minimum atomic E-state index is -3.77. The lowest BCUT2D eigenvalue weighted by Crippen LogP contribution is -2.12. The Balaban J connectivity index is 1.47. The molecule has 0 radical (unpaired) electrons. The van der Waals surface area contributed by atoms with Crippen LogP contribution in [0, 0.1) is 0 Å². The second kappa shape index (κ2) is 8.48. The molecule has 4 aromatic rings. The van der Waals surface area contributed by atoms with Crippen LogP contribution in [0.1, 0.15) is 5.56 Å². The molecule has 6 nitrogen and oxygen atoms in total. The minimum Gasteiger partial charge on any atom is -0.508 e. The lowest BCUT2D eigenvalue weighted by atomic mass is 10.2. The number of sulfonamides is 1. The summed E-state index contributed by atoms with van der Waals surface area (Å²) in [6, 6.07) is 22.5. The lowest BCUT2D eigenvalue weighted by molar-refractivity contribution is 0.475. The third-order valence-corrected chi connectivity index (χ3v) is 6.44. The highest BCUT2D eigenvalue weighted by Gasteiger charge is 2.16. The number of phenolic OH excluding ortho intramolecular Hbond substituents is 1. The summed E-state index contributed by atoms with van der Waals surface area (Å²) in [4.78, 5) is 8.81. The first kappa shape index (κ1) is 19.8. The van der Waals surface area contributed by atoms with Crippen molar-refractivity contribution in [1.82, 2.24) is 4.98 Å². The van der Waals surface area contributed by atoms with Crippen molar-refractivity contribution in [2.24, 2.45) is 4.99 Å². The fourth-order valence-electron chi connectivity index (χ4n) is 2.66. The average molecular weight is 436 g/mol. The maximum atomic E-state index is 12.7. The van der Waals surface area contributed by atoms with Crippen molar-refractivity contribution in [1.29, 1.82) is 0 Å². The van der Waals surface area contributed by atoms with Crippen LogP contribution in [0.5, 0.6) is 5.75 Å². The fraction of sp³-hybridized carbons (Fsp3) is 0. The van der Waals surface area contributed by atoms with Crippen LogP contribution in [0.3, 0.4) is 0 Å². The van der Waals surface area contributed by atoms with Gasteiger partial charge in [-0.2, -0.15) is 0 Å². The molecule has 30 heavy (non-hydrogen) atoms. The van der Waals surface area contributed by atoms with Gasteiger partial charge in [0, 0.05) is 17.2 Å². The largest absolute Gasteiger partial charge is 0.508 e. The van der Waals surface area contributed by atoms with E-state index in [9.17, 15) is 13.5 Å². The molecule has 150 valence electrons. The third kappa shape index (κ3) is 4.73. The van der Waals surface area contributed by atoms with Crippen molar-refractivity contribution in [3.8, 4) is 17.0 Å². The van der Waals surface area contributed by atoms with Crippen molar-refractivity contribution in [2.75, 3.05) is 4.72 Å². The quantitative estimate of drug-likeness (QED) is 0.414. The van der Waals surface area contributed by atoms with Gasteiger partial charge in [0.1, 0.15) is 5.75 Å². The molecule has 0 saturated heterocycles. The molecule has 0 spiro atoms. The Labute approximate surface area is 178 Å². The van der Waals surface area contributed by atoms with Crippen LogP contribution in [0.15, 0.2) is 94.1 Å². The highest BCUT2D eigenvalue weighted by molar-refractivity contribution is 7.93. The summed E-state index contributed by atoms with van der Waals surface area (Å²) < 4.78 is 27.8. The van der Waals surface area contributed by atoms with Gasteiger partial charge in [-0.05, 0) is 54.1 Å². The van der Waals surface area contributed by atoms with Gasteiger partial charge in [0.15, 0.2) is 5.13 Å². The van der Waals surface area contributed by atoms with Gasteiger partial charge in [-0.15, -0.1) is 11.3 Å². The van der Waals surface area contributed by atoms with Gasteiger partial charge < -0.3 is 5.11 Å². The standard InChI is InChI=1S/C22H17N3O3S2/c26-19-10-6-17(7-11-19)21-15-29-22(24-21)25-30(27,28)20-12-8-18(9-13-20)23-14-16-4-2-1-3-5-16/h1-15,26H,(H,24,25). The normalized spacial score (nSPS) is 11.6. The number of aromatic nitrogens is 1. The third-order valence-electron chi connectivity index (χ3n) is 4.20. The number of phenols is 1. The lowest BCUT2D eigenvalue weighted by Gasteiger charge is -2.05. The van der Waals surface area contributed by atoms with Crippen LogP contribution in [0.4, 0.5) is 10.8 Å². The molecule has 0 fully saturated rings. The van der Waals surface area contributed by atoms with E-state index in [0.717, 1.165) is 11.1 Å². The monoisotopic (exact) mass is 435 g/mol. The topological polar surface area (TPSA) is 91.7 Å². The highest BCUT2D eigenvalue weighted by Crippen LogP contribution is 2.28. The Morgan fingerprint density at radius 3 is 2.33 bits per heavy atom. The van der Waals surface area contributed by atoms with Crippen molar-refractivity contribution < 1.29 is 13.5 Å². The number of hydrogen-bond donors (Lipinski definition) is 2. The molecule has 0 aliphatic rings. The molecule has 0 atom stereocenters. The number of aromatic hydroxyl groups is 1. The number of nitrogens with zero attached hydrogens (tertiary/aromatic N) is 2. The molecule has 1 aromatic heterocycles. The molecule has 0 aliphatic carbocycles. The second-order valence-electron chi connectivity index (χ2n) is 6.35. The second-order valence-corrected chi connectivity index (χ2v) is 8.89. The van der Waals surface area contributed by atoms with Gasteiger partial charge in [-0.1, -0.05) is 30.3 Å². The minimum absolute atomic E-state index is 0.127. The van der Waals surface area contributed by atoms with E-state index in [4.69, 9.17) is 0 Å². The molecule has 8 heteroatoms. The molecule has 2 N–H and O–H groups in total. The van der Waals surface area contributed by atoms with E-state index in [1.54, 1.807) is 48.0 Å². The molecule has 0 amide bonds. The maximum Gasteiger partial charge on any atom is 0.263 e. The zero-order valence-corrected chi connectivity index (χ0v) is 17.3. The molecule has 0 saturated carbocycles. The van der Waals surface area contributed by atoms with Crippen molar-refractivity contribution >= 4 is 38.4 Å². The van der Waals surface area contributed by atoms with E-state index in [1.807, 2.05) is 30.3 Å². The van der Waals surface area contributed by atoms with Crippen molar-refractivity contribution in [3.63, 3.8) is 0 Å². The Bertz CT molecular complexity index is 1270. The number of hydrogen-bond acceptors (Lipinski definition) is 6. The number of nitrogens with one attached hydrogen (secondary N) is 1. The van der Waals surface area contributed by atoms with Crippen LogP contribution >= 0.6 is 11.3 Å². The predicted molar refractivity (Wildman–Crippen MR) is 120 cm³/mol. The average Bonchev–Trinajstić information content (AvgIpc) is 3.21. The Morgan fingerprint density at radius 2 is 1.63 bits per heavy atom. The summed E-state index contributed by atoms with van der Waals surface area (Å²) in [6.07, 6.45) is 1.72. The Hall–Kier alpha value is -3.49. The SMILES string of the molecule is O=S(=O)(Nc1nc(-c2ccc(O)cc2)cs1)c1ccc(N=Cc2ccccc2)cc1. The number of thiazole rings is 1. The summed E-state index contributed by atoms with van der Waals surface area (Å²) >= 11 is 1.19. The van der Waals surface area contributed by atoms with Gasteiger partial charge in [-0.25, -0.2) is 13.4 Å². The maximum absolute atomic E-state index is 12.7. The van der Waals surface area contributed by atoms with Crippen molar-refractivity contribution in [3.05, 3.63) is 89.8 Å². The van der Waals surface area contributed by atoms with Crippen LogP contribution in [-0.2, 0) is 10.0 Å². The number of aliphatic imine (C=N–C) groups is 1. The first-order chi connectivity index (χ1) is 14.5. The van der Waals surface area contributed by atoms with Crippen LogP contribution < -0.4 is 4.72 Å². The summed E-state index contributed by atoms with van der Waals surface area (Å²) in [7, 11) is -3.77. The Morgan fingerprint density at radius 1 is 0.933 bits per heavy atom. The van der Waals surface area contributed by atoms with Crippen LogP contribution in [0.25, 0.3) is 11.3 Å². The van der Waals surface area contributed by atoms with Crippen molar-refractivity contribution in [2.45, 2.75) is 4.90 Å². The van der Waals surface area contributed by atoms with Crippen LogP contribution in [0.2, 0.25) is 0 Å². The molecular formula is C22H17N3O3S2. The zero-order chi connectivity index (χ0) is 21.0. The van der Waals surface area contributed by atoms with E-state index in [1.165, 1.54) is 23.5 Å². The number of benzene rings is 3. The molecule has 0 unspecified atom stereocenters. The fourth-order valence-corrected chi connectivity index (χ4v) is 4.63. The zero-order valence-electron chi connectivity index (χ0n) is 15.6. The molecule has 0 bridgehead atoms. The summed E-state index contributed by atoms with van der Waals surface area (Å²) in [5.74, 6) is 0.159. The van der Waals surface area contributed by atoms with E-state index in [-0.39, 0.29) is 15.8 Å². The van der Waals surface area contributed by atoms with Gasteiger partial charge >= 0.3 is 0 Å². The van der Waals surface area contributed by atoms with Gasteiger partial charge in [0.2, 0.25) is 0 Å². The predicted octanol–water partition coefficient (Wildman–Crippen LogP) is 5.07. The number of rotatable bonds is 6. The summed E-state index contributed by atoms with van der Waals surface area (Å²) in [5.41, 5.74) is 3.03. The van der Waals surface area contributed by atoms with E-state index >= 15 is 0 Å².